The van der Waals surface area contributed by atoms with Crippen LogP contribution in [-0.2, 0) is 20.4 Å². The quantitative estimate of drug-likeness (QED) is 0.101. The van der Waals surface area contributed by atoms with Gasteiger partial charge in [-0.05, 0) is 75.2 Å². The third-order valence-electron chi connectivity index (χ3n) is 5.82. The first-order valence-corrected chi connectivity index (χ1v) is 13.7. The van der Waals surface area contributed by atoms with Crippen LogP contribution in [0.3, 0.4) is 0 Å². The van der Waals surface area contributed by atoms with Gasteiger partial charge in [0.2, 0.25) is 0 Å². The van der Waals surface area contributed by atoms with Crippen LogP contribution in [0.15, 0.2) is 99.6 Å². The molecule has 0 saturated heterocycles. The number of aryl methyl sites for hydroxylation is 2. The molecule has 0 N–H and O–H groups in total. The number of carbonyl (C=O) groups excluding carboxylic acids is 1. The average Bonchev–Trinajstić information content (AvgIpc) is 2.91. The number of halogens is 3. The Bertz CT molecular complexity index is 1490. The van der Waals surface area contributed by atoms with Crippen LogP contribution < -0.4 is 4.74 Å². The van der Waals surface area contributed by atoms with Gasteiger partial charge in [-0.25, -0.2) is 18.0 Å². The number of esters is 1. The van der Waals surface area contributed by atoms with Crippen LogP contribution in [-0.4, -0.2) is 18.2 Å². The molecular formula is C33H28F3O3S+. The molecule has 204 valence electrons. The van der Waals surface area contributed by atoms with E-state index in [2.05, 4.69) is 48.2 Å². The molecule has 0 bridgehead atoms. The summed E-state index contributed by atoms with van der Waals surface area (Å²) in [6.45, 7) is 6.59. The summed E-state index contributed by atoms with van der Waals surface area (Å²) in [4.78, 5) is 16.1. The van der Waals surface area contributed by atoms with Crippen LogP contribution >= 0.6 is 0 Å². The largest absolute Gasteiger partial charge is 0.481 e. The minimum atomic E-state index is -1.57. The number of carbonyl (C=O) groups is 1. The zero-order valence-corrected chi connectivity index (χ0v) is 23.4. The normalized spacial score (nSPS) is 11.1. The van der Waals surface area contributed by atoms with E-state index in [1.54, 1.807) is 0 Å². The molecule has 0 radical (unpaired) electrons. The maximum Gasteiger partial charge on any atom is 0.345 e. The minimum absolute atomic E-state index is 0.0758. The fourth-order valence-corrected chi connectivity index (χ4v) is 6.36. The van der Waals surface area contributed by atoms with E-state index in [1.807, 2.05) is 50.2 Å². The summed E-state index contributed by atoms with van der Waals surface area (Å²) in [7, 11) is -0.322. The summed E-state index contributed by atoms with van der Waals surface area (Å²) >= 11 is 0. The summed E-state index contributed by atoms with van der Waals surface area (Å²) in [6.07, 6.45) is 0. The van der Waals surface area contributed by atoms with Crippen molar-refractivity contribution in [3.05, 3.63) is 119 Å². The van der Waals surface area contributed by atoms with E-state index in [4.69, 9.17) is 9.47 Å². The van der Waals surface area contributed by atoms with Gasteiger partial charge in [0, 0.05) is 17.7 Å². The lowest BCUT2D eigenvalue weighted by molar-refractivity contribution is -0.154. The molecule has 0 spiro atoms. The predicted molar refractivity (Wildman–Crippen MR) is 150 cm³/mol. The summed E-state index contributed by atoms with van der Waals surface area (Å²) in [6, 6.07) is 26.3. The second kappa shape index (κ2) is 12.4. The van der Waals surface area contributed by atoms with Crippen molar-refractivity contribution < 1.29 is 27.4 Å². The van der Waals surface area contributed by atoms with E-state index >= 15 is 0 Å². The molecule has 0 aromatic heterocycles. The highest BCUT2D eigenvalue weighted by Gasteiger charge is 2.30. The highest BCUT2D eigenvalue weighted by Crippen LogP contribution is 2.35. The van der Waals surface area contributed by atoms with Crippen molar-refractivity contribution in [2.45, 2.75) is 48.0 Å². The molecule has 4 rings (SSSR count). The topological polar surface area (TPSA) is 35.5 Å². The van der Waals surface area contributed by atoms with Crippen LogP contribution in [0, 0.1) is 43.1 Å². The molecule has 0 unspecified atom stereocenters. The lowest BCUT2D eigenvalue weighted by atomic mass is 10.1. The SMILES string of the molecule is Cc1cc([S+](c2ccccc2)c2ccccc2)cc(C)c1OCC(=O)OC(C)(C)C#Cc1cc(F)c(F)c(F)c1. The van der Waals surface area contributed by atoms with Gasteiger partial charge in [-0.3, -0.25) is 0 Å². The summed E-state index contributed by atoms with van der Waals surface area (Å²) < 4.78 is 51.4. The fourth-order valence-electron chi connectivity index (χ4n) is 4.10. The van der Waals surface area contributed by atoms with Crippen molar-refractivity contribution >= 4 is 16.9 Å². The Hall–Kier alpha value is -4.15. The van der Waals surface area contributed by atoms with E-state index in [-0.39, 0.29) is 23.1 Å². The van der Waals surface area contributed by atoms with Gasteiger partial charge in [-0.2, -0.15) is 0 Å². The second-order valence-corrected chi connectivity index (χ2v) is 11.6. The van der Waals surface area contributed by atoms with Crippen molar-refractivity contribution in [2.24, 2.45) is 0 Å². The van der Waals surface area contributed by atoms with E-state index in [0.717, 1.165) is 28.2 Å². The first-order valence-electron chi connectivity index (χ1n) is 12.5. The number of hydrogen-bond acceptors (Lipinski definition) is 3. The number of ether oxygens (including phenoxy) is 2. The fraction of sp³-hybridized carbons (Fsp3) is 0.182. The molecule has 4 aromatic rings. The van der Waals surface area contributed by atoms with Gasteiger partial charge < -0.3 is 9.47 Å². The van der Waals surface area contributed by atoms with E-state index in [0.29, 0.717) is 5.75 Å². The van der Waals surface area contributed by atoms with Crippen molar-refractivity contribution in [3.63, 3.8) is 0 Å². The third-order valence-corrected chi connectivity index (χ3v) is 8.02. The summed E-state index contributed by atoms with van der Waals surface area (Å²) in [5.41, 5.74) is 0.404. The Morgan fingerprint density at radius 3 is 1.80 bits per heavy atom. The highest BCUT2D eigenvalue weighted by atomic mass is 32.2. The predicted octanol–water partition coefficient (Wildman–Crippen LogP) is 7.57. The van der Waals surface area contributed by atoms with Crippen LogP contribution in [0.2, 0.25) is 0 Å². The van der Waals surface area contributed by atoms with E-state index < -0.39 is 29.0 Å². The van der Waals surface area contributed by atoms with Gasteiger partial charge in [-0.1, -0.05) is 48.2 Å². The Morgan fingerprint density at radius 2 is 1.30 bits per heavy atom. The number of hydrogen-bond donors (Lipinski definition) is 0. The smallest absolute Gasteiger partial charge is 0.345 e. The van der Waals surface area contributed by atoms with Gasteiger partial charge in [-0.15, -0.1) is 0 Å². The van der Waals surface area contributed by atoms with Crippen molar-refractivity contribution in [3.8, 4) is 17.6 Å². The van der Waals surface area contributed by atoms with E-state index in [1.165, 1.54) is 23.6 Å². The molecule has 4 aromatic carbocycles. The maximum absolute atomic E-state index is 13.5. The first kappa shape index (κ1) is 28.8. The molecule has 3 nitrogen and oxygen atoms in total. The molecule has 0 amide bonds. The van der Waals surface area contributed by atoms with Crippen LogP contribution in [0.5, 0.6) is 5.75 Å². The van der Waals surface area contributed by atoms with Gasteiger partial charge in [0.25, 0.3) is 0 Å². The van der Waals surface area contributed by atoms with Gasteiger partial charge in [0.15, 0.2) is 44.3 Å². The van der Waals surface area contributed by atoms with Gasteiger partial charge in [0.05, 0.1) is 10.9 Å². The van der Waals surface area contributed by atoms with Crippen molar-refractivity contribution in [1.29, 1.82) is 0 Å². The molecule has 40 heavy (non-hydrogen) atoms. The molecule has 0 aliphatic rings. The standard InChI is InChI=1S/C33H28F3O3S/c1-22-17-27(40(25-11-7-5-8-12-25)26-13-9-6-10-14-26)18-23(2)32(22)38-21-30(37)39-33(3,4)16-15-24-19-28(34)31(36)29(35)20-24/h5-14,17-20H,21H2,1-4H3/q+1. The van der Waals surface area contributed by atoms with Crippen LogP contribution in [0.25, 0.3) is 0 Å². The zero-order valence-electron chi connectivity index (χ0n) is 22.6. The third kappa shape index (κ3) is 7.08. The first-order chi connectivity index (χ1) is 19.0. The number of benzene rings is 4. The molecule has 0 atom stereocenters. The van der Waals surface area contributed by atoms with Gasteiger partial charge in [0.1, 0.15) is 5.75 Å². The van der Waals surface area contributed by atoms with Crippen molar-refractivity contribution in [1.82, 2.24) is 0 Å². The Kier molecular flexibility index (Phi) is 8.91. The minimum Gasteiger partial charge on any atom is -0.481 e. The Morgan fingerprint density at radius 1 is 0.800 bits per heavy atom. The second-order valence-electron chi connectivity index (χ2n) is 9.60. The maximum atomic E-state index is 13.5. The lowest BCUT2D eigenvalue weighted by Gasteiger charge is -2.20. The van der Waals surface area contributed by atoms with Crippen LogP contribution in [0.4, 0.5) is 13.2 Å². The van der Waals surface area contributed by atoms with Crippen LogP contribution in [0.1, 0.15) is 30.5 Å². The molecule has 0 fully saturated rings. The molecule has 0 heterocycles. The van der Waals surface area contributed by atoms with Gasteiger partial charge >= 0.3 is 5.97 Å². The number of rotatable bonds is 7. The zero-order chi connectivity index (χ0) is 28.9. The molecular weight excluding hydrogens is 533 g/mol. The summed E-state index contributed by atoms with van der Waals surface area (Å²) in [5, 5.41) is 0. The average molecular weight is 562 g/mol. The lowest BCUT2D eigenvalue weighted by Crippen LogP contribution is -2.29. The highest BCUT2D eigenvalue weighted by molar-refractivity contribution is 7.97. The van der Waals surface area contributed by atoms with Crippen molar-refractivity contribution in [2.75, 3.05) is 6.61 Å². The molecule has 0 saturated carbocycles. The molecule has 7 heteroatoms. The van der Waals surface area contributed by atoms with E-state index in [9.17, 15) is 18.0 Å². The molecule has 0 aliphatic carbocycles. The Labute approximate surface area is 235 Å². The summed E-state index contributed by atoms with van der Waals surface area (Å²) in [5.74, 6) is 0.845. The Balaban J connectivity index is 1.48. The monoisotopic (exact) mass is 561 g/mol. The molecule has 0 aliphatic heterocycles.